The summed E-state index contributed by atoms with van der Waals surface area (Å²) in [7, 11) is 0. The van der Waals surface area contributed by atoms with Crippen LogP contribution in [0.3, 0.4) is 0 Å². The molecule has 0 unspecified atom stereocenters. The summed E-state index contributed by atoms with van der Waals surface area (Å²) in [4.78, 5) is 32.3. The van der Waals surface area contributed by atoms with E-state index in [2.05, 4.69) is 36.4 Å². The van der Waals surface area contributed by atoms with Gasteiger partial charge < -0.3 is 9.72 Å². The molecule has 8 rings (SSSR count). The van der Waals surface area contributed by atoms with E-state index in [0.29, 0.717) is 28.8 Å². The lowest BCUT2D eigenvalue weighted by atomic mass is 9.91. The van der Waals surface area contributed by atoms with Gasteiger partial charge in [0.15, 0.2) is 5.82 Å². The first-order valence-electron chi connectivity index (χ1n) is 12.8. The maximum atomic E-state index is 5.85. The Labute approximate surface area is 238 Å². The molecule has 0 spiro atoms. The average molecular weight is 554 g/mol. The van der Waals surface area contributed by atoms with Gasteiger partial charge >= 0.3 is 0 Å². The third-order valence-corrected chi connectivity index (χ3v) is 7.54. The minimum Gasteiger partial charge on any atom is -0.428 e. The second-order valence-corrected chi connectivity index (χ2v) is 10.00. The molecule has 1 N–H and O–H groups in total. The topological polar surface area (TPSA) is 112 Å². The van der Waals surface area contributed by atoms with Crippen LogP contribution in [0.5, 0.6) is 11.6 Å². The number of allylic oxidation sites excluding steroid dienone is 2. The Kier molecular flexibility index (Phi) is 5.38. The van der Waals surface area contributed by atoms with E-state index >= 15 is 0 Å². The maximum Gasteiger partial charge on any atom is 0.265 e. The summed E-state index contributed by atoms with van der Waals surface area (Å²) >= 11 is 1.63. The van der Waals surface area contributed by atoms with Crippen LogP contribution >= 0.6 is 11.3 Å². The number of thiophene rings is 1. The Hall–Kier alpha value is -5.68. The summed E-state index contributed by atoms with van der Waals surface area (Å²) in [5.74, 6) is 2.59. The number of H-pyrrole nitrogens is 1. The summed E-state index contributed by atoms with van der Waals surface area (Å²) in [5.41, 5.74) is 5.45. The number of hydrogen-bond acceptors (Lipinski definition) is 10. The number of nitrogens with zero attached hydrogens (tertiary/aromatic N) is 8. The molecule has 10 nitrogen and oxygen atoms in total. The van der Waals surface area contributed by atoms with E-state index in [-0.39, 0.29) is 0 Å². The summed E-state index contributed by atoms with van der Waals surface area (Å²) in [5, 5.41) is 6.25. The molecule has 0 amide bonds. The number of ether oxygens (including phenoxy) is 1. The zero-order valence-corrected chi connectivity index (χ0v) is 22.1. The van der Waals surface area contributed by atoms with Crippen molar-refractivity contribution in [2.75, 3.05) is 10.0 Å². The lowest BCUT2D eigenvalue weighted by Gasteiger charge is -2.44. The standard InChI is InChI=1S/C30H19N9OS/c1-2-10-32-19(6-1)24-25(20-18-31-15-16-33-20)27(29-35-12-5-13-36-29)39(23-8-3-11-34-23)38(26(24)22-7-4-17-41-22)21-9-14-37-30-28(21)40-30/h1-18,34H. The minimum atomic E-state index is 0.502. The van der Waals surface area contributed by atoms with Crippen molar-refractivity contribution in [3.63, 3.8) is 0 Å². The molecule has 6 aromatic rings. The Morgan fingerprint density at radius 2 is 1.56 bits per heavy atom. The van der Waals surface area contributed by atoms with Gasteiger partial charge in [0.2, 0.25) is 5.75 Å². The van der Waals surface area contributed by atoms with E-state index < -0.39 is 0 Å². The van der Waals surface area contributed by atoms with E-state index in [1.807, 2.05) is 48.7 Å². The minimum absolute atomic E-state index is 0.502. The van der Waals surface area contributed by atoms with Crippen molar-refractivity contribution in [1.29, 1.82) is 0 Å². The zero-order valence-electron chi connectivity index (χ0n) is 21.3. The fraction of sp³-hybridized carbons (Fsp3) is 0. The summed E-state index contributed by atoms with van der Waals surface area (Å²) in [6.45, 7) is 0. The average Bonchev–Trinajstić information content (AvgIpc) is 3.37. The molecule has 2 aliphatic rings. The van der Waals surface area contributed by atoms with Gasteiger partial charge in [-0.15, -0.1) is 11.3 Å². The van der Waals surface area contributed by atoms with Gasteiger partial charge in [0.05, 0.1) is 28.2 Å². The first-order valence-corrected chi connectivity index (χ1v) is 13.6. The Balaban J connectivity index is 1.58. The SMILES string of the molecule is c1ccc(C2=C(c3cccs3)N(c3ccnc4c3O4)N(c3ccc[nH]3)C(c3ncccn3)=C2c2cnccn2)nc1. The normalized spacial score (nSPS) is 14.2. The van der Waals surface area contributed by atoms with Crippen molar-refractivity contribution in [3.8, 4) is 11.6 Å². The van der Waals surface area contributed by atoms with Gasteiger partial charge in [-0.2, -0.15) is 0 Å². The zero-order chi connectivity index (χ0) is 27.2. The van der Waals surface area contributed by atoms with Gasteiger partial charge in [-0.05, 0) is 47.8 Å². The first kappa shape index (κ1) is 23.2. The third kappa shape index (κ3) is 3.86. The quantitative estimate of drug-likeness (QED) is 0.250. The van der Waals surface area contributed by atoms with E-state index in [1.165, 1.54) is 0 Å². The summed E-state index contributed by atoms with van der Waals surface area (Å²) in [6.07, 6.45) is 14.0. The van der Waals surface area contributed by atoms with Crippen LogP contribution in [0.15, 0.2) is 110 Å². The second-order valence-electron chi connectivity index (χ2n) is 9.05. The Morgan fingerprint density at radius 1 is 0.683 bits per heavy atom. The lowest BCUT2D eigenvalue weighted by molar-refractivity contribution is 0.634. The molecule has 6 aromatic heterocycles. The molecule has 8 heterocycles. The van der Waals surface area contributed by atoms with Gasteiger partial charge in [-0.3, -0.25) is 15.0 Å². The molecule has 0 fully saturated rings. The number of nitrogens with one attached hydrogen (secondary N) is 1. The number of anilines is 2. The van der Waals surface area contributed by atoms with Crippen LogP contribution in [0.4, 0.5) is 11.5 Å². The van der Waals surface area contributed by atoms with Gasteiger partial charge in [0.1, 0.15) is 17.2 Å². The highest BCUT2D eigenvalue weighted by molar-refractivity contribution is 7.11. The highest BCUT2D eigenvalue weighted by Gasteiger charge is 2.43. The van der Waals surface area contributed by atoms with Crippen molar-refractivity contribution >= 4 is 45.4 Å². The number of hydrazine groups is 1. The predicted molar refractivity (Wildman–Crippen MR) is 156 cm³/mol. The molecule has 2 aliphatic heterocycles. The molecular formula is C30H19N9OS. The van der Waals surface area contributed by atoms with Crippen molar-refractivity contribution in [2.24, 2.45) is 0 Å². The molecule has 41 heavy (non-hydrogen) atoms. The van der Waals surface area contributed by atoms with Crippen LogP contribution in [0.1, 0.15) is 22.1 Å². The van der Waals surface area contributed by atoms with Gasteiger partial charge in [0.25, 0.3) is 5.88 Å². The largest absolute Gasteiger partial charge is 0.428 e. The van der Waals surface area contributed by atoms with Crippen molar-refractivity contribution in [2.45, 2.75) is 0 Å². The number of pyridine rings is 2. The van der Waals surface area contributed by atoms with E-state index in [1.54, 1.807) is 60.8 Å². The Morgan fingerprint density at radius 3 is 2.32 bits per heavy atom. The van der Waals surface area contributed by atoms with Crippen LogP contribution < -0.4 is 14.8 Å². The number of aromatic nitrogens is 7. The molecule has 11 heteroatoms. The monoisotopic (exact) mass is 553 g/mol. The molecule has 0 atom stereocenters. The predicted octanol–water partition coefficient (Wildman–Crippen LogP) is 5.93. The van der Waals surface area contributed by atoms with Crippen LogP contribution in [0.25, 0.3) is 22.5 Å². The van der Waals surface area contributed by atoms with E-state index in [9.17, 15) is 0 Å². The van der Waals surface area contributed by atoms with E-state index in [4.69, 9.17) is 24.7 Å². The summed E-state index contributed by atoms with van der Waals surface area (Å²) < 4.78 is 5.85. The number of rotatable bonds is 6. The molecular weight excluding hydrogens is 534 g/mol. The molecule has 0 bridgehead atoms. The smallest absolute Gasteiger partial charge is 0.265 e. The van der Waals surface area contributed by atoms with Gasteiger partial charge in [-0.25, -0.2) is 25.0 Å². The first-order chi connectivity index (χ1) is 20.4. The van der Waals surface area contributed by atoms with Crippen molar-refractivity contribution in [1.82, 2.24) is 34.9 Å². The fourth-order valence-corrected chi connectivity index (χ4v) is 5.76. The summed E-state index contributed by atoms with van der Waals surface area (Å²) in [6, 6.07) is 17.7. The molecule has 0 aliphatic carbocycles. The number of hydrogen-bond donors (Lipinski definition) is 1. The molecule has 0 saturated carbocycles. The fourth-order valence-electron chi connectivity index (χ4n) is 5.00. The number of fused-ring (bicyclic) bond motifs is 1. The molecule has 0 aromatic carbocycles. The highest BCUT2D eigenvalue weighted by atomic mass is 32.1. The van der Waals surface area contributed by atoms with Crippen LogP contribution in [-0.2, 0) is 0 Å². The lowest BCUT2D eigenvalue weighted by Crippen LogP contribution is -2.44. The number of aromatic amines is 1. The van der Waals surface area contributed by atoms with Crippen molar-refractivity contribution in [3.05, 3.63) is 132 Å². The molecule has 196 valence electrons. The molecule has 0 saturated heterocycles. The van der Waals surface area contributed by atoms with Crippen LogP contribution in [-0.4, -0.2) is 34.9 Å². The third-order valence-electron chi connectivity index (χ3n) is 6.67. The van der Waals surface area contributed by atoms with Gasteiger partial charge in [-0.1, -0.05) is 12.1 Å². The van der Waals surface area contributed by atoms with Crippen molar-refractivity contribution < 1.29 is 4.74 Å². The van der Waals surface area contributed by atoms with Crippen LogP contribution in [0.2, 0.25) is 0 Å². The second kappa shape index (κ2) is 9.50. The highest BCUT2D eigenvalue weighted by Crippen LogP contribution is 2.57. The van der Waals surface area contributed by atoms with E-state index in [0.717, 1.165) is 38.9 Å². The van der Waals surface area contributed by atoms with Crippen LogP contribution in [0, 0.1) is 0 Å². The maximum absolute atomic E-state index is 5.85. The Bertz CT molecular complexity index is 1910. The molecule has 0 radical (unpaired) electrons. The van der Waals surface area contributed by atoms with Gasteiger partial charge in [0, 0.05) is 54.5 Å².